The molecule has 0 spiro atoms. The molecule has 1 N–H and O–H groups in total. The summed E-state index contributed by atoms with van der Waals surface area (Å²) in [6.07, 6.45) is 0. The molecule has 0 amide bonds. The Labute approximate surface area is 116 Å². The number of aromatic carboxylic acids is 1. The van der Waals surface area contributed by atoms with Crippen LogP contribution in [0.5, 0.6) is 23.0 Å². The monoisotopic (exact) mass is 274 g/mol. The van der Waals surface area contributed by atoms with Crippen molar-refractivity contribution >= 4 is 5.97 Å². The Bertz CT molecular complexity index is 621. The number of ether oxygens (including phenoxy) is 3. The third-order valence-electron chi connectivity index (χ3n) is 2.69. The molecule has 0 radical (unpaired) electrons. The highest BCUT2D eigenvalue weighted by atomic mass is 16.5. The van der Waals surface area contributed by atoms with E-state index in [9.17, 15) is 9.90 Å². The number of para-hydroxylation sites is 1. The van der Waals surface area contributed by atoms with Crippen LogP contribution in [0.4, 0.5) is 0 Å². The zero-order valence-electron chi connectivity index (χ0n) is 11.1. The van der Waals surface area contributed by atoms with Crippen LogP contribution in [0.2, 0.25) is 0 Å². The lowest BCUT2D eigenvalue weighted by atomic mass is 10.2. The maximum Gasteiger partial charge on any atom is 0.339 e. The topological polar surface area (TPSA) is 65.0 Å². The lowest BCUT2D eigenvalue weighted by Gasteiger charge is -2.13. The van der Waals surface area contributed by atoms with Gasteiger partial charge in [-0.1, -0.05) is 12.1 Å². The molecule has 0 saturated carbocycles. The predicted octanol–water partition coefficient (Wildman–Crippen LogP) is 3.19. The van der Waals surface area contributed by atoms with Crippen molar-refractivity contribution in [1.82, 2.24) is 0 Å². The van der Waals surface area contributed by atoms with Crippen LogP contribution in [-0.2, 0) is 0 Å². The fourth-order valence-electron chi connectivity index (χ4n) is 1.73. The van der Waals surface area contributed by atoms with Gasteiger partial charge in [0.2, 0.25) is 0 Å². The summed E-state index contributed by atoms with van der Waals surface area (Å²) < 4.78 is 15.9. The molecule has 0 saturated heterocycles. The summed E-state index contributed by atoms with van der Waals surface area (Å²) in [6, 6.07) is 11.6. The number of benzene rings is 2. The first-order chi connectivity index (χ1) is 9.65. The molecule has 5 heteroatoms. The minimum Gasteiger partial charge on any atom is -0.497 e. The van der Waals surface area contributed by atoms with Gasteiger partial charge >= 0.3 is 5.97 Å². The number of carbonyl (C=O) groups is 1. The molecule has 2 aromatic rings. The predicted molar refractivity (Wildman–Crippen MR) is 73.0 cm³/mol. The van der Waals surface area contributed by atoms with Crippen LogP contribution in [0.1, 0.15) is 10.4 Å². The minimum absolute atomic E-state index is 0.0344. The Morgan fingerprint density at radius 3 is 2.35 bits per heavy atom. The molecule has 5 nitrogen and oxygen atoms in total. The van der Waals surface area contributed by atoms with E-state index in [0.717, 1.165) is 0 Å². The van der Waals surface area contributed by atoms with E-state index in [-0.39, 0.29) is 11.3 Å². The van der Waals surface area contributed by atoms with Gasteiger partial charge in [-0.15, -0.1) is 0 Å². The molecule has 0 atom stereocenters. The van der Waals surface area contributed by atoms with E-state index < -0.39 is 5.97 Å². The Morgan fingerprint density at radius 1 is 1.00 bits per heavy atom. The van der Waals surface area contributed by atoms with Crippen LogP contribution >= 0.6 is 0 Å². The molecule has 20 heavy (non-hydrogen) atoms. The summed E-state index contributed by atoms with van der Waals surface area (Å²) >= 11 is 0. The fourth-order valence-corrected chi connectivity index (χ4v) is 1.73. The first kappa shape index (κ1) is 13.7. The number of carboxylic acids is 1. The van der Waals surface area contributed by atoms with Gasteiger partial charge in [-0.05, 0) is 24.3 Å². The molecule has 0 fully saturated rings. The van der Waals surface area contributed by atoms with Gasteiger partial charge in [-0.2, -0.15) is 0 Å². The molecule has 0 aromatic heterocycles. The van der Waals surface area contributed by atoms with Gasteiger partial charge in [0.15, 0.2) is 11.5 Å². The first-order valence-corrected chi connectivity index (χ1v) is 5.88. The van der Waals surface area contributed by atoms with Gasteiger partial charge < -0.3 is 19.3 Å². The van der Waals surface area contributed by atoms with Crippen molar-refractivity contribution in [3.63, 3.8) is 0 Å². The van der Waals surface area contributed by atoms with Crippen LogP contribution in [0.15, 0.2) is 42.5 Å². The Kier molecular flexibility index (Phi) is 4.10. The van der Waals surface area contributed by atoms with Crippen LogP contribution in [0.25, 0.3) is 0 Å². The van der Waals surface area contributed by atoms with E-state index in [1.807, 2.05) is 0 Å². The van der Waals surface area contributed by atoms with E-state index in [2.05, 4.69) is 0 Å². The Hall–Kier alpha value is -2.69. The van der Waals surface area contributed by atoms with Crippen molar-refractivity contribution in [2.75, 3.05) is 14.2 Å². The summed E-state index contributed by atoms with van der Waals surface area (Å²) in [6.45, 7) is 0. The van der Waals surface area contributed by atoms with Crippen molar-refractivity contribution in [2.24, 2.45) is 0 Å². The summed E-state index contributed by atoms with van der Waals surface area (Å²) in [5.74, 6) is 0.524. The number of rotatable bonds is 5. The van der Waals surface area contributed by atoms with Crippen molar-refractivity contribution in [3.8, 4) is 23.0 Å². The molecule has 0 bridgehead atoms. The molecular weight excluding hydrogens is 260 g/mol. The zero-order chi connectivity index (χ0) is 14.5. The average molecular weight is 274 g/mol. The highest BCUT2D eigenvalue weighted by Gasteiger charge is 2.17. The standard InChI is InChI=1S/C15H14O5/c1-18-10-5-3-6-11(9-10)20-14-12(15(16)17)7-4-8-13(14)19-2/h3-9H,1-2H3,(H,16,17). The lowest BCUT2D eigenvalue weighted by molar-refractivity contribution is 0.0693. The fraction of sp³-hybridized carbons (Fsp3) is 0.133. The molecule has 0 unspecified atom stereocenters. The van der Waals surface area contributed by atoms with Crippen molar-refractivity contribution in [1.29, 1.82) is 0 Å². The van der Waals surface area contributed by atoms with Crippen molar-refractivity contribution in [3.05, 3.63) is 48.0 Å². The van der Waals surface area contributed by atoms with E-state index in [1.54, 1.807) is 43.5 Å². The molecule has 0 aliphatic carbocycles. The molecule has 2 aromatic carbocycles. The maximum atomic E-state index is 11.2. The molecule has 0 aliphatic rings. The van der Waals surface area contributed by atoms with Crippen LogP contribution in [-0.4, -0.2) is 25.3 Å². The normalized spacial score (nSPS) is 9.90. The molecule has 2 rings (SSSR count). The summed E-state index contributed by atoms with van der Waals surface area (Å²) in [4.78, 5) is 11.2. The number of carboxylic acid groups (broad SMARTS) is 1. The second kappa shape index (κ2) is 5.97. The Balaban J connectivity index is 2.43. The Morgan fingerprint density at radius 2 is 1.70 bits per heavy atom. The maximum absolute atomic E-state index is 11.2. The minimum atomic E-state index is -1.08. The van der Waals surface area contributed by atoms with Gasteiger partial charge in [0, 0.05) is 6.07 Å². The van der Waals surface area contributed by atoms with Crippen molar-refractivity contribution < 1.29 is 24.1 Å². The van der Waals surface area contributed by atoms with Gasteiger partial charge in [-0.25, -0.2) is 4.79 Å². The van der Waals surface area contributed by atoms with Gasteiger partial charge in [0.05, 0.1) is 14.2 Å². The van der Waals surface area contributed by atoms with Crippen LogP contribution < -0.4 is 14.2 Å². The third-order valence-corrected chi connectivity index (χ3v) is 2.69. The first-order valence-electron chi connectivity index (χ1n) is 5.88. The second-order valence-electron chi connectivity index (χ2n) is 3.92. The van der Waals surface area contributed by atoms with Crippen LogP contribution in [0.3, 0.4) is 0 Å². The van der Waals surface area contributed by atoms with E-state index >= 15 is 0 Å². The molecule has 0 aliphatic heterocycles. The number of hydrogen-bond acceptors (Lipinski definition) is 4. The second-order valence-corrected chi connectivity index (χ2v) is 3.92. The third kappa shape index (κ3) is 2.83. The SMILES string of the molecule is COc1cccc(Oc2c(OC)cccc2C(=O)O)c1. The van der Waals surface area contributed by atoms with E-state index in [1.165, 1.54) is 13.2 Å². The zero-order valence-corrected chi connectivity index (χ0v) is 11.1. The smallest absolute Gasteiger partial charge is 0.339 e. The summed E-state index contributed by atoms with van der Waals surface area (Å²) in [5.41, 5.74) is 0.0344. The molecule has 0 heterocycles. The summed E-state index contributed by atoms with van der Waals surface area (Å²) in [5, 5.41) is 9.20. The van der Waals surface area contributed by atoms with Crippen molar-refractivity contribution in [2.45, 2.75) is 0 Å². The van der Waals surface area contributed by atoms with Crippen LogP contribution in [0, 0.1) is 0 Å². The molecule has 104 valence electrons. The van der Waals surface area contributed by atoms with Gasteiger partial charge in [-0.3, -0.25) is 0 Å². The quantitative estimate of drug-likeness (QED) is 0.907. The van der Waals surface area contributed by atoms with E-state index in [0.29, 0.717) is 17.2 Å². The van der Waals surface area contributed by atoms with Gasteiger partial charge in [0.1, 0.15) is 17.1 Å². The highest BCUT2D eigenvalue weighted by Crippen LogP contribution is 2.35. The highest BCUT2D eigenvalue weighted by molar-refractivity contribution is 5.92. The van der Waals surface area contributed by atoms with Gasteiger partial charge in [0.25, 0.3) is 0 Å². The molecular formula is C15H14O5. The average Bonchev–Trinajstić information content (AvgIpc) is 2.47. The number of hydrogen-bond donors (Lipinski definition) is 1. The lowest BCUT2D eigenvalue weighted by Crippen LogP contribution is -2.02. The summed E-state index contributed by atoms with van der Waals surface area (Å²) in [7, 11) is 3.00. The largest absolute Gasteiger partial charge is 0.497 e. The number of methoxy groups -OCH3 is 2. The van der Waals surface area contributed by atoms with E-state index in [4.69, 9.17) is 14.2 Å².